The second-order valence-corrected chi connectivity index (χ2v) is 5.57. The smallest absolute Gasteiger partial charge is 0.410 e. The number of nitrogens with zero attached hydrogens (tertiary/aromatic N) is 1. The van der Waals surface area contributed by atoms with Crippen LogP contribution in [0.1, 0.15) is 20.8 Å². The van der Waals surface area contributed by atoms with Gasteiger partial charge in [0.1, 0.15) is 12.2 Å². The van der Waals surface area contributed by atoms with Crippen LogP contribution in [0.4, 0.5) is 4.79 Å². The highest BCUT2D eigenvalue weighted by Gasteiger charge is 2.19. The van der Waals surface area contributed by atoms with E-state index in [1.807, 2.05) is 20.8 Å². The number of hydrogen-bond donors (Lipinski definition) is 1. The van der Waals surface area contributed by atoms with Gasteiger partial charge < -0.3 is 29.0 Å². The summed E-state index contributed by atoms with van der Waals surface area (Å²) in [7, 11) is 1.65. The molecule has 1 amide bonds. The van der Waals surface area contributed by atoms with Crippen LogP contribution in [-0.4, -0.2) is 80.9 Å². The van der Waals surface area contributed by atoms with Gasteiger partial charge in [0.2, 0.25) is 0 Å². The van der Waals surface area contributed by atoms with Crippen molar-refractivity contribution in [3.63, 3.8) is 0 Å². The Morgan fingerprint density at radius 1 is 0.955 bits per heavy atom. The Morgan fingerprint density at radius 2 is 1.45 bits per heavy atom. The molecule has 0 bridgehead atoms. The maximum atomic E-state index is 11.6. The molecule has 0 atom stereocenters. The highest BCUT2D eigenvalue weighted by Crippen LogP contribution is 2.08. The van der Waals surface area contributed by atoms with E-state index in [9.17, 15) is 9.59 Å². The fourth-order valence-electron chi connectivity index (χ4n) is 1.23. The quantitative estimate of drug-likeness (QED) is 0.567. The number of ether oxygens (including phenoxy) is 4. The summed E-state index contributed by atoms with van der Waals surface area (Å²) in [5, 5.41) is 8.34. The van der Waals surface area contributed by atoms with Gasteiger partial charge in [-0.25, -0.2) is 9.59 Å². The number of carboxylic acid groups (broad SMARTS) is 1. The molecule has 0 saturated heterocycles. The molecule has 130 valence electrons. The van der Waals surface area contributed by atoms with Gasteiger partial charge >= 0.3 is 12.1 Å². The minimum atomic E-state index is -1.00. The highest BCUT2D eigenvalue weighted by atomic mass is 16.6. The fraction of sp³-hybridized carbons (Fsp3) is 0.857. The van der Waals surface area contributed by atoms with E-state index >= 15 is 0 Å². The van der Waals surface area contributed by atoms with Crippen LogP contribution in [0, 0.1) is 0 Å². The van der Waals surface area contributed by atoms with Gasteiger partial charge in [0.15, 0.2) is 0 Å². The van der Waals surface area contributed by atoms with Crippen LogP contribution in [0.5, 0.6) is 0 Å². The second kappa shape index (κ2) is 11.2. The average molecular weight is 321 g/mol. The first-order chi connectivity index (χ1) is 10.2. The Bertz CT molecular complexity index is 328. The summed E-state index contributed by atoms with van der Waals surface area (Å²) in [6, 6.07) is 0. The molecule has 0 aromatic rings. The number of carbonyl (C=O) groups excluding carboxylic acids is 1. The molecule has 0 unspecified atom stereocenters. The summed E-state index contributed by atoms with van der Waals surface area (Å²) in [5.41, 5.74) is -0.511. The standard InChI is InChI=1S/C14H27NO7/c1-14(2,3)22-13(18)15(4)5-6-19-7-8-20-9-10-21-11-12(16)17/h5-11H2,1-4H3,(H,16,17). The Hall–Kier alpha value is -1.38. The zero-order chi connectivity index (χ0) is 17.0. The minimum Gasteiger partial charge on any atom is -0.480 e. The number of likely N-dealkylation sites (N-methyl/N-ethyl adjacent to an activating group) is 1. The van der Waals surface area contributed by atoms with E-state index < -0.39 is 11.6 Å². The average Bonchev–Trinajstić information content (AvgIpc) is 2.38. The molecular weight excluding hydrogens is 294 g/mol. The molecule has 0 heterocycles. The van der Waals surface area contributed by atoms with Crippen LogP contribution in [0.15, 0.2) is 0 Å². The molecule has 0 aliphatic heterocycles. The molecule has 0 rings (SSSR count). The third-order valence-electron chi connectivity index (χ3n) is 2.25. The zero-order valence-electron chi connectivity index (χ0n) is 13.8. The lowest BCUT2D eigenvalue weighted by molar-refractivity contribution is -0.142. The van der Waals surface area contributed by atoms with Crippen LogP contribution in [0.25, 0.3) is 0 Å². The number of hydrogen-bond acceptors (Lipinski definition) is 6. The van der Waals surface area contributed by atoms with Gasteiger partial charge in [0.05, 0.1) is 33.0 Å². The normalized spacial score (nSPS) is 11.3. The van der Waals surface area contributed by atoms with Crippen molar-refractivity contribution in [3.8, 4) is 0 Å². The number of carboxylic acids is 1. The highest BCUT2D eigenvalue weighted by molar-refractivity contribution is 5.68. The summed E-state index contributed by atoms with van der Waals surface area (Å²) in [6.07, 6.45) is -0.386. The Kier molecular flexibility index (Phi) is 10.5. The molecule has 0 aromatic heterocycles. The summed E-state index contributed by atoms with van der Waals surface area (Å²) in [4.78, 5) is 23.3. The summed E-state index contributed by atoms with van der Waals surface area (Å²) < 4.78 is 20.5. The lowest BCUT2D eigenvalue weighted by Gasteiger charge is -2.24. The molecule has 0 aromatic carbocycles. The maximum absolute atomic E-state index is 11.6. The van der Waals surface area contributed by atoms with E-state index in [1.54, 1.807) is 7.05 Å². The molecular formula is C14H27NO7. The SMILES string of the molecule is CN(CCOCCOCCOCC(=O)O)C(=O)OC(C)(C)C. The summed E-state index contributed by atoms with van der Waals surface area (Å²) in [5.74, 6) is -1.00. The van der Waals surface area contributed by atoms with Gasteiger partial charge in [-0.05, 0) is 20.8 Å². The molecule has 0 fully saturated rings. The van der Waals surface area contributed by atoms with Crippen molar-refractivity contribution in [1.82, 2.24) is 4.90 Å². The first-order valence-corrected chi connectivity index (χ1v) is 7.11. The number of aliphatic carboxylic acids is 1. The van der Waals surface area contributed by atoms with Crippen LogP contribution in [0.3, 0.4) is 0 Å². The molecule has 8 heteroatoms. The summed E-state index contributed by atoms with van der Waals surface area (Å²) in [6.45, 7) is 7.24. The van der Waals surface area contributed by atoms with Gasteiger partial charge in [0, 0.05) is 13.6 Å². The van der Waals surface area contributed by atoms with Gasteiger partial charge in [0.25, 0.3) is 0 Å². The van der Waals surface area contributed by atoms with E-state index in [4.69, 9.17) is 24.1 Å². The van der Waals surface area contributed by atoms with E-state index in [-0.39, 0.29) is 19.3 Å². The van der Waals surface area contributed by atoms with E-state index in [1.165, 1.54) is 4.90 Å². The summed E-state index contributed by atoms with van der Waals surface area (Å²) >= 11 is 0. The predicted octanol–water partition coefficient (Wildman–Crippen LogP) is 0.988. The van der Waals surface area contributed by atoms with Crippen molar-refractivity contribution in [2.75, 3.05) is 53.2 Å². The Balaban J connectivity index is 3.42. The van der Waals surface area contributed by atoms with E-state index in [0.717, 1.165) is 0 Å². The van der Waals surface area contributed by atoms with Crippen molar-refractivity contribution in [2.45, 2.75) is 26.4 Å². The Labute approximate surface area is 131 Å². The van der Waals surface area contributed by atoms with Gasteiger partial charge in [-0.1, -0.05) is 0 Å². The van der Waals surface area contributed by atoms with E-state index in [0.29, 0.717) is 33.0 Å². The molecule has 0 saturated carbocycles. The first kappa shape index (κ1) is 20.6. The van der Waals surface area contributed by atoms with Crippen LogP contribution in [-0.2, 0) is 23.7 Å². The molecule has 1 N–H and O–H groups in total. The molecule has 8 nitrogen and oxygen atoms in total. The van der Waals surface area contributed by atoms with Gasteiger partial charge in [-0.2, -0.15) is 0 Å². The van der Waals surface area contributed by atoms with Crippen molar-refractivity contribution < 1.29 is 33.6 Å². The third-order valence-corrected chi connectivity index (χ3v) is 2.25. The van der Waals surface area contributed by atoms with Crippen molar-refractivity contribution >= 4 is 12.1 Å². The lowest BCUT2D eigenvalue weighted by Crippen LogP contribution is -2.36. The van der Waals surface area contributed by atoms with Crippen molar-refractivity contribution in [2.24, 2.45) is 0 Å². The zero-order valence-corrected chi connectivity index (χ0v) is 13.8. The Morgan fingerprint density at radius 3 is 1.95 bits per heavy atom. The second-order valence-electron chi connectivity index (χ2n) is 5.57. The number of rotatable bonds is 11. The van der Waals surface area contributed by atoms with Gasteiger partial charge in [-0.3, -0.25) is 0 Å². The first-order valence-electron chi connectivity index (χ1n) is 7.11. The number of carbonyl (C=O) groups is 2. The van der Waals surface area contributed by atoms with Crippen LogP contribution in [0.2, 0.25) is 0 Å². The topological polar surface area (TPSA) is 94.5 Å². The molecule has 0 aliphatic rings. The van der Waals surface area contributed by atoms with Crippen molar-refractivity contribution in [1.29, 1.82) is 0 Å². The predicted molar refractivity (Wildman–Crippen MR) is 79.0 cm³/mol. The molecule has 0 radical (unpaired) electrons. The largest absolute Gasteiger partial charge is 0.480 e. The third kappa shape index (κ3) is 13.6. The molecule has 22 heavy (non-hydrogen) atoms. The monoisotopic (exact) mass is 321 g/mol. The number of amides is 1. The van der Waals surface area contributed by atoms with Gasteiger partial charge in [-0.15, -0.1) is 0 Å². The minimum absolute atomic E-state index is 0.230. The lowest BCUT2D eigenvalue weighted by atomic mass is 10.2. The fourth-order valence-corrected chi connectivity index (χ4v) is 1.23. The van der Waals surface area contributed by atoms with Crippen LogP contribution < -0.4 is 0 Å². The molecule has 0 aliphatic carbocycles. The van der Waals surface area contributed by atoms with E-state index in [2.05, 4.69) is 0 Å². The van der Waals surface area contributed by atoms with Crippen molar-refractivity contribution in [3.05, 3.63) is 0 Å². The maximum Gasteiger partial charge on any atom is 0.410 e. The van der Waals surface area contributed by atoms with Crippen LogP contribution >= 0.6 is 0 Å². The molecule has 0 spiro atoms.